The van der Waals surface area contributed by atoms with Crippen LogP contribution in [0.5, 0.6) is 0 Å². The summed E-state index contributed by atoms with van der Waals surface area (Å²) in [5.41, 5.74) is 6.05. The fraction of sp³-hybridized carbons (Fsp3) is 0.333. The van der Waals surface area contributed by atoms with Gasteiger partial charge in [-0.05, 0) is 24.6 Å². The molecule has 0 aliphatic heterocycles. The molecule has 0 fully saturated rings. The van der Waals surface area contributed by atoms with Gasteiger partial charge in [0.25, 0.3) is 0 Å². The minimum Gasteiger partial charge on any atom is -0.394 e. The third-order valence-corrected chi connectivity index (χ3v) is 2.11. The maximum atomic E-state index is 8.99. The van der Waals surface area contributed by atoms with E-state index in [-0.39, 0.29) is 6.61 Å². The Morgan fingerprint density at radius 1 is 1.58 bits per heavy atom. The highest BCUT2D eigenvalue weighted by atomic mass is 32.1. The zero-order valence-electron chi connectivity index (χ0n) is 6.99. The Labute approximate surface area is 77.8 Å². The number of thiol groups is 1. The molecule has 1 aromatic rings. The van der Waals surface area contributed by atoms with Gasteiger partial charge in [-0.15, -0.1) is 12.6 Å². The van der Waals surface area contributed by atoms with Crippen molar-refractivity contribution in [3.8, 4) is 0 Å². The molecule has 0 radical (unpaired) electrons. The van der Waals surface area contributed by atoms with Gasteiger partial charge in [0.1, 0.15) is 0 Å². The molecule has 1 aromatic carbocycles. The van der Waals surface area contributed by atoms with Gasteiger partial charge in [0, 0.05) is 4.90 Å². The van der Waals surface area contributed by atoms with Crippen LogP contribution in [-0.4, -0.2) is 11.7 Å². The van der Waals surface area contributed by atoms with E-state index in [2.05, 4.69) is 12.6 Å². The second kappa shape index (κ2) is 3.47. The molecule has 0 heterocycles. The van der Waals surface area contributed by atoms with E-state index in [0.29, 0.717) is 0 Å². The van der Waals surface area contributed by atoms with Crippen molar-refractivity contribution in [2.24, 2.45) is 5.73 Å². The lowest BCUT2D eigenvalue weighted by Crippen LogP contribution is -2.36. The number of aliphatic hydroxyl groups is 1. The lowest BCUT2D eigenvalue weighted by Gasteiger charge is -2.22. The second-order valence-corrected chi connectivity index (χ2v) is 3.64. The fourth-order valence-electron chi connectivity index (χ4n) is 0.952. The standard InChI is InChI=1S/C9H13NOS/c1-9(10,6-11)7-3-2-4-8(12)5-7/h2-5,11-12H,6,10H2,1H3/t9-/m0/s1. The van der Waals surface area contributed by atoms with Crippen LogP contribution in [0.15, 0.2) is 29.2 Å². The van der Waals surface area contributed by atoms with Crippen LogP contribution in [0.25, 0.3) is 0 Å². The van der Waals surface area contributed by atoms with Gasteiger partial charge in [0.05, 0.1) is 12.1 Å². The Hall–Kier alpha value is -0.510. The molecule has 1 atom stereocenters. The lowest BCUT2D eigenvalue weighted by atomic mass is 9.94. The smallest absolute Gasteiger partial charge is 0.0650 e. The average Bonchev–Trinajstić information content (AvgIpc) is 2.05. The summed E-state index contributed by atoms with van der Waals surface area (Å²) in [6, 6.07) is 7.49. The average molecular weight is 183 g/mol. The van der Waals surface area contributed by atoms with Crippen LogP contribution >= 0.6 is 12.6 Å². The van der Waals surface area contributed by atoms with E-state index in [1.807, 2.05) is 24.3 Å². The first-order chi connectivity index (χ1) is 5.56. The van der Waals surface area contributed by atoms with Gasteiger partial charge < -0.3 is 10.8 Å². The van der Waals surface area contributed by atoms with Gasteiger partial charge in [-0.25, -0.2) is 0 Å². The van der Waals surface area contributed by atoms with Crippen molar-refractivity contribution < 1.29 is 5.11 Å². The van der Waals surface area contributed by atoms with Crippen LogP contribution in [0, 0.1) is 0 Å². The third-order valence-electron chi connectivity index (χ3n) is 1.83. The van der Waals surface area contributed by atoms with Crippen LogP contribution in [0.3, 0.4) is 0 Å². The van der Waals surface area contributed by atoms with Crippen LogP contribution < -0.4 is 5.73 Å². The zero-order chi connectivity index (χ0) is 9.19. The number of benzene rings is 1. The predicted molar refractivity (Wildman–Crippen MR) is 52.3 cm³/mol. The third kappa shape index (κ3) is 2.00. The number of nitrogens with two attached hydrogens (primary N) is 1. The molecule has 0 saturated carbocycles. The largest absolute Gasteiger partial charge is 0.394 e. The van der Waals surface area contributed by atoms with Gasteiger partial charge in [-0.2, -0.15) is 0 Å². The van der Waals surface area contributed by atoms with Crippen molar-refractivity contribution in [1.29, 1.82) is 0 Å². The molecule has 66 valence electrons. The summed E-state index contributed by atoms with van der Waals surface area (Å²) in [5.74, 6) is 0. The monoisotopic (exact) mass is 183 g/mol. The number of aliphatic hydroxyl groups excluding tert-OH is 1. The number of rotatable bonds is 2. The summed E-state index contributed by atoms with van der Waals surface area (Å²) < 4.78 is 0. The molecular formula is C9H13NOS. The first-order valence-corrected chi connectivity index (χ1v) is 4.20. The molecule has 3 heteroatoms. The number of hydrogen-bond acceptors (Lipinski definition) is 3. The minimum absolute atomic E-state index is 0.0652. The summed E-state index contributed by atoms with van der Waals surface area (Å²) in [6.45, 7) is 1.72. The maximum Gasteiger partial charge on any atom is 0.0650 e. The Morgan fingerprint density at radius 3 is 2.75 bits per heavy atom. The van der Waals surface area contributed by atoms with E-state index in [4.69, 9.17) is 10.8 Å². The van der Waals surface area contributed by atoms with Crippen molar-refractivity contribution in [1.82, 2.24) is 0 Å². The van der Waals surface area contributed by atoms with Crippen molar-refractivity contribution >= 4 is 12.6 Å². The molecule has 0 unspecified atom stereocenters. The van der Waals surface area contributed by atoms with E-state index in [1.165, 1.54) is 0 Å². The molecule has 0 amide bonds. The van der Waals surface area contributed by atoms with E-state index < -0.39 is 5.54 Å². The molecule has 0 aliphatic rings. The van der Waals surface area contributed by atoms with Crippen molar-refractivity contribution in [2.45, 2.75) is 17.4 Å². The molecule has 2 nitrogen and oxygen atoms in total. The Bertz CT molecular complexity index is 273. The molecule has 12 heavy (non-hydrogen) atoms. The summed E-state index contributed by atoms with van der Waals surface area (Å²) in [6.07, 6.45) is 0. The van der Waals surface area contributed by atoms with Crippen molar-refractivity contribution in [3.63, 3.8) is 0 Å². The summed E-state index contributed by atoms with van der Waals surface area (Å²) in [7, 11) is 0. The summed E-state index contributed by atoms with van der Waals surface area (Å²) in [5, 5.41) is 8.99. The molecular weight excluding hydrogens is 170 g/mol. The number of hydrogen-bond donors (Lipinski definition) is 3. The highest BCUT2D eigenvalue weighted by Gasteiger charge is 2.19. The van der Waals surface area contributed by atoms with Crippen LogP contribution in [0.1, 0.15) is 12.5 Å². The van der Waals surface area contributed by atoms with Gasteiger partial charge in [-0.3, -0.25) is 0 Å². The minimum atomic E-state index is -0.668. The molecule has 0 bridgehead atoms. The van der Waals surface area contributed by atoms with Crippen molar-refractivity contribution in [2.75, 3.05) is 6.61 Å². The normalized spacial score (nSPS) is 15.7. The van der Waals surface area contributed by atoms with E-state index >= 15 is 0 Å². The molecule has 1 rings (SSSR count). The zero-order valence-corrected chi connectivity index (χ0v) is 7.88. The topological polar surface area (TPSA) is 46.2 Å². The highest BCUT2D eigenvalue weighted by molar-refractivity contribution is 7.80. The molecule has 0 saturated heterocycles. The first-order valence-electron chi connectivity index (χ1n) is 3.75. The SMILES string of the molecule is C[C@](N)(CO)c1cccc(S)c1. The fourth-order valence-corrected chi connectivity index (χ4v) is 1.18. The molecule has 0 aliphatic carbocycles. The van der Waals surface area contributed by atoms with Crippen molar-refractivity contribution in [3.05, 3.63) is 29.8 Å². The Kier molecular flexibility index (Phi) is 2.77. The van der Waals surface area contributed by atoms with Gasteiger partial charge in [-0.1, -0.05) is 12.1 Å². The quantitative estimate of drug-likeness (QED) is 0.602. The van der Waals surface area contributed by atoms with Crippen LogP contribution in [0.4, 0.5) is 0 Å². The van der Waals surface area contributed by atoms with E-state index in [0.717, 1.165) is 10.5 Å². The maximum absolute atomic E-state index is 8.99. The first kappa shape index (κ1) is 9.58. The Balaban J connectivity index is 3.03. The Morgan fingerprint density at radius 2 is 2.25 bits per heavy atom. The highest BCUT2D eigenvalue weighted by Crippen LogP contribution is 2.19. The summed E-state index contributed by atoms with van der Waals surface area (Å²) >= 11 is 4.19. The van der Waals surface area contributed by atoms with Gasteiger partial charge in [0.15, 0.2) is 0 Å². The lowest BCUT2D eigenvalue weighted by molar-refractivity contribution is 0.210. The molecule has 0 aromatic heterocycles. The van der Waals surface area contributed by atoms with Crippen LogP contribution in [-0.2, 0) is 5.54 Å². The van der Waals surface area contributed by atoms with E-state index in [9.17, 15) is 0 Å². The molecule has 0 spiro atoms. The summed E-state index contributed by atoms with van der Waals surface area (Å²) in [4.78, 5) is 0.859. The van der Waals surface area contributed by atoms with Gasteiger partial charge >= 0.3 is 0 Å². The van der Waals surface area contributed by atoms with E-state index in [1.54, 1.807) is 6.92 Å². The molecule has 3 N–H and O–H groups in total. The van der Waals surface area contributed by atoms with Crippen LogP contribution in [0.2, 0.25) is 0 Å². The predicted octanol–water partition coefficient (Wildman–Crippen LogP) is 1.14. The second-order valence-electron chi connectivity index (χ2n) is 3.13. The van der Waals surface area contributed by atoms with Gasteiger partial charge in [0.2, 0.25) is 0 Å².